The molecule has 0 radical (unpaired) electrons. The second-order valence-electron chi connectivity index (χ2n) is 6.87. The second-order valence-corrected chi connectivity index (χ2v) is 6.87. The van der Waals surface area contributed by atoms with Gasteiger partial charge < -0.3 is 14.5 Å². The SMILES string of the molecule is O=C(O)[C@H]1C2C=CC(CC2)[C@H]1C(=O)N1CCC(c2ccon2)C1. The predicted octanol–water partition coefficient (Wildman–Crippen LogP) is 1.90. The number of fused-ring (bicyclic) bond motifs is 2. The van der Waals surface area contributed by atoms with E-state index in [0.29, 0.717) is 13.1 Å². The Morgan fingerprint density at radius 2 is 1.91 bits per heavy atom. The molecule has 3 unspecified atom stereocenters. The van der Waals surface area contributed by atoms with Crippen molar-refractivity contribution < 1.29 is 19.2 Å². The Morgan fingerprint density at radius 1 is 1.17 bits per heavy atom. The molecule has 0 spiro atoms. The van der Waals surface area contributed by atoms with Gasteiger partial charge in [-0.1, -0.05) is 17.3 Å². The molecule has 23 heavy (non-hydrogen) atoms. The summed E-state index contributed by atoms with van der Waals surface area (Å²) in [5.41, 5.74) is 0.875. The summed E-state index contributed by atoms with van der Waals surface area (Å²) >= 11 is 0. The van der Waals surface area contributed by atoms with Gasteiger partial charge in [0.05, 0.1) is 17.5 Å². The van der Waals surface area contributed by atoms with Crippen LogP contribution in [-0.2, 0) is 9.59 Å². The molecular formula is C17H20N2O4. The molecule has 5 atom stereocenters. The van der Waals surface area contributed by atoms with Gasteiger partial charge in [0.25, 0.3) is 0 Å². The zero-order chi connectivity index (χ0) is 16.0. The molecule has 1 saturated heterocycles. The molecule has 6 heteroatoms. The maximum absolute atomic E-state index is 13.0. The van der Waals surface area contributed by atoms with Gasteiger partial charge in [0.1, 0.15) is 6.26 Å². The minimum Gasteiger partial charge on any atom is -0.481 e. The van der Waals surface area contributed by atoms with Gasteiger partial charge in [-0.25, -0.2) is 0 Å². The quantitative estimate of drug-likeness (QED) is 0.861. The Balaban J connectivity index is 1.52. The lowest BCUT2D eigenvalue weighted by molar-refractivity contribution is -0.156. The first-order chi connectivity index (χ1) is 11.1. The van der Waals surface area contributed by atoms with E-state index in [4.69, 9.17) is 4.52 Å². The van der Waals surface area contributed by atoms with E-state index < -0.39 is 17.8 Å². The Bertz CT molecular complexity index is 639. The topological polar surface area (TPSA) is 83.6 Å². The van der Waals surface area contributed by atoms with Gasteiger partial charge in [-0.15, -0.1) is 0 Å². The number of hydrogen-bond donors (Lipinski definition) is 1. The number of carboxylic acid groups (broad SMARTS) is 1. The molecule has 4 aliphatic rings. The van der Waals surface area contributed by atoms with Crippen molar-refractivity contribution in [3.63, 3.8) is 0 Å². The molecule has 1 amide bonds. The summed E-state index contributed by atoms with van der Waals surface area (Å²) in [5.74, 6) is -1.56. The number of carbonyl (C=O) groups excluding carboxylic acids is 1. The van der Waals surface area contributed by atoms with Gasteiger partial charge in [0.2, 0.25) is 5.91 Å². The zero-order valence-corrected chi connectivity index (χ0v) is 12.8. The number of aliphatic carboxylic acids is 1. The molecular weight excluding hydrogens is 296 g/mol. The van der Waals surface area contributed by atoms with E-state index >= 15 is 0 Å². The van der Waals surface area contributed by atoms with Gasteiger partial charge in [-0.05, 0) is 31.1 Å². The summed E-state index contributed by atoms with van der Waals surface area (Å²) in [6.07, 6.45) is 8.25. The molecule has 2 bridgehead atoms. The number of carbonyl (C=O) groups is 2. The van der Waals surface area contributed by atoms with E-state index in [1.807, 2.05) is 17.0 Å². The fourth-order valence-corrected chi connectivity index (χ4v) is 4.51. The molecule has 1 saturated carbocycles. The van der Waals surface area contributed by atoms with Crippen LogP contribution in [0, 0.1) is 23.7 Å². The Kier molecular flexibility index (Phi) is 3.47. The van der Waals surface area contributed by atoms with E-state index in [9.17, 15) is 14.7 Å². The van der Waals surface area contributed by atoms with Crippen molar-refractivity contribution in [1.82, 2.24) is 10.1 Å². The standard InChI is InChI=1S/C17H20N2O4/c20-16(19-7-5-12(9-19)13-6-8-23-18-13)14-10-1-3-11(4-2-10)15(14)17(21)22/h1,3,6,8,10-12,14-15H,2,4-5,7,9H2,(H,21,22)/t10?,11?,12?,14-,15+/m1/s1. The van der Waals surface area contributed by atoms with Gasteiger partial charge in [0.15, 0.2) is 0 Å². The van der Waals surface area contributed by atoms with Crippen molar-refractivity contribution in [1.29, 1.82) is 0 Å². The molecule has 5 rings (SSSR count). The number of nitrogens with zero attached hydrogens (tertiary/aromatic N) is 2. The molecule has 1 aromatic heterocycles. The number of rotatable bonds is 3. The first-order valence-electron chi connectivity index (χ1n) is 8.25. The van der Waals surface area contributed by atoms with Crippen LogP contribution in [0.25, 0.3) is 0 Å². The average molecular weight is 316 g/mol. The van der Waals surface area contributed by atoms with Gasteiger partial charge in [0, 0.05) is 25.1 Å². The number of carboxylic acids is 1. The summed E-state index contributed by atoms with van der Waals surface area (Å²) in [6.45, 7) is 1.27. The third-order valence-corrected chi connectivity index (χ3v) is 5.69. The van der Waals surface area contributed by atoms with Crippen LogP contribution in [0.3, 0.4) is 0 Å². The lowest BCUT2D eigenvalue weighted by Crippen LogP contribution is -2.49. The van der Waals surface area contributed by atoms with E-state index in [-0.39, 0.29) is 23.7 Å². The Labute approximate surface area is 134 Å². The fourth-order valence-electron chi connectivity index (χ4n) is 4.51. The predicted molar refractivity (Wildman–Crippen MR) is 80.4 cm³/mol. The average Bonchev–Trinajstić information content (AvgIpc) is 3.25. The first-order valence-corrected chi connectivity index (χ1v) is 8.25. The molecule has 6 nitrogen and oxygen atoms in total. The highest BCUT2D eigenvalue weighted by atomic mass is 16.5. The molecule has 0 aromatic carbocycles. The van der Waals surface area contributed by atoms with Crippen LogP contribution >= 0.6 is 0 Å². The molecule has 2 fully saturated rings. The minimum absolute atomic E-state index is 0.000361. The zero-order valence-electron chi connectivity index (χ0n) is 12.8. The number of hydrogen-bond acceptors (Lipinski definition) is 4. The maximum Gasteiger partial charge on any atom is 0.307 e. The summed E-state index contributed by atoms with van der Waals surface area (Å²) in [5, 5.41) is 13.6. The number of likely N-dealkylation sites (tertiary alicyclic amines) is 1. The van der Waals surface area contributed by atoms with Crippen molar-refractivity contribution in [2.45, 2.75) is 25.2 Å². The van der Waals surface area contributed by atoms with Crippen LogP contribution in [0.15, 0.2) is 29.0 Å². The monoisotopic (exact) mass is 316 g/mol. The van der Waals surface area contributed by atoms with Crippen molar-refractivity contribution >= 4 is 11.9 Å². The highest BCUT2D eigenvalue weighted by Gasteiger charge is 2.50. The van der Waals surface area contributed by atoms with Gasteiger partial charge in [-0.2, -0.15) is 0 Å². The van der Waals surface area contributed by atoms with E-state index in [1.54, 1.807) is 6.26 Å². The van der Waals surface area contributed by atoms with Crippen LogP contribution < -0.4 is 0 Å². The molecule has 2 heterocycles. The summed E-state index contributed by atoms with van der Waals surface area (Å²) in [4.78, 5) is 26.5. The molecule has 1 N–H and O–H groups in total. The molecule has 1 aromatic rings. The van der Waals surface area contributed by atoms with Crippen molar-refractivity contribution in [2.24, 2.45) is 23.7 Å². The number of amides is 1. The Morgan fingerprint density at radius 3 is 2.52 bits per heavy atom. The summed E-state index contributed by atoms with van der Waals surface area (Å²) < 4.78 is 4.89. The van der Waals surface area contributed by atoms with Gasteiger partial charge in [-0.3, -0.25) is 9.59 Å². The van der Waals surface area contributed by atoms with Gasteiger partial charge >= 0.3 is 5.97 Å². The van der Waals surface area contributed by atoms with E-state index in [0.717, 1.165) is 25.0 Å². The normalized spacial score (nSPS) is 35.7. The first kappa shape index (κ1) is 14.5. The smallest absolute Gasteiger partial charge is 0.307 e. The third kappa shape index (κ3) is 2.36. The highest BCUT2D eigenvalue weighted by molar-refractivity contribution is 5.86. The summed E-state index contributed by atoms with van der Waals surface area (Å²) in [6, 6.07) is 1.84. The highest BCUT2D eigenvalue weighted by Crippen LogP contribution is 2.46. The molecule has 1 aliphatic heterocycles. The maximum atomic E-state index is 13.0. The Hall–Kier alpha value is -2.11. The second kappa shape index (κ2) is 5.51. The number of allylic oxidation sites excluding steroid dienone is 2. The van der Waals surface area contributed by atoms with E-state index in [1.165, 1.54) is 0 Å². The van der Waals surface area contributed by atoms with Crippen LogP contribution in [-0.4, -0.2) is 40.1 Å². The lowest BCUT2D eigenvalue weighted by atomic mass is 9.62. The summed E-state index contributed by atoms with van der Waals surface area (Å²) in [7, 11) is 0. The van der Waals surface area contributed by atoms with Crippen molar-refractivity contribution in [3.8, 4) is 0 Å². The molecule has 3 aliphatic carbocycles. The van der Waals surface area contributed by atoms with Crippen LogP contribution in [0.4, 0.5) is 0 Å². The largest absolute Gasteiger partial charge is 0.481 e. The fraction of sp³-hybridized carbons (Fsp3) is 0.588. The minimum atomic E-state index is -0.838. The van der Waals surface area contributed by atoms with Crippen molar-refractivity contribution in [3.05, 3.63) is 30.2 Å². The van der Waals surface area contributed by atoms with E-state index in [2.05, 4.69) is 11.2 Å². The third-order valence-electron chi connectivity index (χ3n) is 5.69. The van der Waals surface area contributed by atoms with Crippen LogP contribution in [0.5, 0.6) is 0 Å². The van der Waals surface area contributed by atoms with Crippen LogP contribution in [0.2, 0.25) is 0 Å². The van der Waals surface area contributed by atoms with Crippen molar-refractivity contribution in [2.75, 3.05) is 13.1 Å². The lowest BCUT2D eigenvalue weighted by Gasteiger charge is -2.43. The van der Waals surface area contributed by atoms with Crippen LogP contribution in [0.1, 0.15) is 30.9 Å². The number of aromatic nitrogens is 1. The molecule has 122 valence electrons.